The highest BCUT2D eigenvalue weighted by Crippen LogP contribution is 2.33. The first-order chi connectivity index (χ1) is 10.8. The summed E-state index contributed by atoms with van der Waals surface area (Å²) in [7, 11) is 0. The Morgan fingerprint density at radius 2 is 2.09 bits per heavy atom. The molecule has 1 aliphatic heterocycles. The number of aliphatic hydroxyl groups is 1. The molecule has 1 heterocycles. The van der Waals surface area contributed by atoms with Crippen LogP contribution in [0.3, 0.4) is 0 Å². The molecule has 0 spiro atoms. The Hall–Kier alpha value is -0.810. The van der Waals surface area contributed by atoms with Crippen LogP contribution in [0.15, 0.2) is 18.2 Å². The number of halogens is 2. The van der Waals surface area contributed by atoms with Crippen LogP contribution in [0.1, 0.15) is 44.6 Å². The zero-order valence-corrected chi connectivity index (χ0v) is 15.0. The zero-order chi connectivity index (χ0) is 17.0. The van der Waals surface area contributed by atoms with Gasteiger partial charge in [-0.3, -0.25) is 4.79 Å². The third-order valence-corrected chi connectivity index (χ3v) is 4.82. The predicted octanol–water partition coefficient (Wildman–Crippen LogP) is 3.53. The minimum Gasteiger partial charge on any atom is -0.381 e. The van der Waals surface area contributed by atoms with E-state index in [1.807, 2.05) is 12.1 Å². The summed E-state index contributed by atoms with van der Waals surface area (Å²) in [6.07, 6.45) is 2.86. The van der Waals surface area contributed by atoms with Gasteiger partial charge in [0, 0.05) is 19.1 Å². The molecule has 2 atom stereocenters. The molecule has 23 heavy (non-hydrogen) atoms. The molecule has 0 aliphatic carbocycles. The van der Waals surface area contributed by atoms with Crippen molar-refractivity contribution in [3.63, 3.8) is 0 Å². The molecule has 0 bridgehead atoms. The Balaban J connectivity index is 2.13. The largest absolute Gasteiger partial charge is 0.381 e. The number of nitrogens with one attached hydrogen (secondary N) is 1. The van der Waals surface area contributed by atoms with Gasteiger partial charge in [-0.25, -0.2) is 0 Å². The van der Waals surface area contributed by atoms with Gasteiger partial charge in [0.05, 0.1) is 16.1 Å². The maximum absolute atomic E-state index is 11.9. The van der Waals surface area contributed by atoms with Gasteiger partial charge in [0.25, 0.3) is 5.91 Å². The van der Waals surface area contributed by atoms with Crippen molar-refractivity contribution in [2.75, 3.05) is 13.2 Å². The minimum absolute atomic E-state index is 0.134. The van der Waals surface area contributed by atoms with Crippen molar-refractivity contribution in [3.8, 4) is 0 Å². The first-order valence-electron chi connectivity index (χ1n) is 7.86. The first kappa shape index (κ1) is 18.5. The van der Waals surface area contributed by atoms with Crippen LogP contribution in [0, 0.1) is 0 Å². The molecule has 2 N–H and O–H groups in total. The number of rotatable bonds is 4. The van der Waals surface area contributed by atoms with Gasteiger partial charge < -0.3 is 15.2 Å². The van der Waals surface area contributed by atoms with E-state index in [-0.39, 0.29) is 12.0 Å². The van der Waals surface area contributed by atoms with E-state index in [0.717, 1.165) is 24.8 Å². The molecule has 1 fully saturated rings. The summed E-state index contributed by atoms with van der Waals surface area (Å²) in [5.41, 5.74) is -0.340. The van der Waals surface area contributed by atoms with Crippen LogP contribution in [0.2, 0.25) is 10.0 Å². The van der Waals surface area contributed by atoms with Crippen molar-refractivity contribution in [1.82, 2.24) is 5.32 Å². The lowest BCUT2D eigenvalue weighted by Crippen LogP contribution is -2.46. The number of amides is 1. The maximum atomic E-state index is 11.9. The van der Waals surface area contributed by atoms with Gasteiger partial charge in [0.1, 0.15) is 5.60 Å². The highest BCUT2D eigenvalue weighted by Gasteiger charge is 2.29. The molecule has 0 saturated carbocycles. The van der Waals surface area contributed by atoms with Crippen molar-refractivity contribution in [2.24, 2.45) is 0 Å². The second-order valence-electron chi connectivity index (χ2n) is 6.45. The highest BCUT2D eigenvalue weighted by molar-refractivity contribution is 6.42. The number of ether oxygens (including phenoxy) is 1. The molecule has 4 nitrogen and oxygen atoms in total. The molecule has 1 aromatic rings. The fourth-order valence-corrected chi connectivity index (χ4v) is 3.04. The van der Waals surface area contributed by atoms with Gasteiger partial charge in [-0.1, -0.05) is 35.7 Å². The lowest BCUT2D eigenvalue weighted by atomic mass is 9.89. The highest BCUT2D eigenvalue weighted by atomic mass is 35.5. The van der Waals surface area contributed by atoms with Crippen molar-refractivity contribution in [2.45, 2.75) is 50.7 Å². The van der Waals surface area contributed by atoms with Gasteiger partial charge in [-0.15, -0.1) is 0 Å². The van der Waals surface area contributed by atoms with E-state index >= 15 is 0 Å². The standard InChI is InChI=1S/C17H23Cl2NO3/c1-17(2,22)16(21)20-10-15-12(5-3-4-8-23-15)11-6-7-13(18)14(19)9-11/h6-7,9,12,15,22H,3-5,8,10H2,1-2H3,(H,20,21)/t12?,15-/m0/s1. The van der Waals surface area contributed by atoms with Crippen LogP contribution in [0.4, 0.5) is 0 Å². The summed E-state index contributed by atoms with van der Waals surface area (Å²) in [4.78, 5) is 11.9. The van der Waals surface area contributed by atoms with E-state index < -0.39 is 11.5 Å². The maximum Gasteiger partial charge on any atom is 0.251 e. The fraction of sp³-hybridized carbons (Fsp3) is 0.588. The van der Waals surface area contributed by atoms with E-state index in [4.69, 9.17) is 27.9 Å². The van der Waals surface area contributed by atoms with Crippen LogP contribution in [-0.2, 0) is 9.53 Å². The molecule has 1 amide bonds. The number of hydrogen-bond acceptors (Lipinski definition) is 3. The molecule has 1 aliphatic rings. The number of carbonyl (C=O) groups is 1. The summed E-state index contributed by atoms with van der Waals surface area (Å²) in [5, 5.41) is 13.6. The smallest absolute Gasteiger partial charge is 0.251 e. The summed E-state index contributed by atoms with van der Waals surface area (Å²) in [6, 6.07) is 5.61. The second-order valence-corrected chi connectivity index (χ2v) is 7.27. The average Bonchev–Trinajstić information content (AvgIpc) is 2.72. The average molecular weight is 360 g/mol. The van der Waals surface area contributed by atoms with Gasteiger partial charge in [0.15, 0.2) is 0 Å². The zero-order valence-electron chi connectivity index (χ0n) is 13.4. The van der Waals surface area contributed by atoms with Crippen LogP contribution in [0.5, 0.6) is 0 Å². The van der Waals surface area contributed by atoms with E-state index in [9.17, 15) is 9.90 Å². The monoisotopic (exact) mass is 359 g/mol. The number of carbonyl (C=O) groups excluding carboxylic acids is 1. The van der Waals surface area contributed by atoms with Crippen LogP contribution < -0.4 is 5.32 Å². The van der Waals surface area contributed by atoms with E-state index in [0.29, 0.717) is 23.2 Å². The first-order valence-corrected chi connectivity index (χ1v) is 8.62. The lowest BCUT2D eigenvalue weighted by Gasteiger charge is -2.27. The van der Waals surface area contributed by atoms with Gasteiger partial charge in [-0.05, 0) is 44.4 Å². The number of benzene rings is 1. The Morgan fingerprint density at radius 1 is 1.35 bits per heavy atom. The molecular formula is C17H23Cl2NO3. The molecule has 128 valence electrons. The molecule has 6 heteroatoms. The van der Waals surface area contributed by atoms with Crippen molar-refractivity contribution in [3.05, 3.63) is 33.8 Å². The summed E-state index contributed by atoms with van der Waals surface area (Å²) in [6.45, 7) is 3.95. The second kappa shape index (κ2) is 7.84. The minimum atomic E-state index is -1.40. The van der Waals surface area contributed by atoms with Crippen molar-refractivity contribution < 1.29 is 14.6 Å². The van der Waals surface area contributed by atoms with Crippen molar-refractivity contribution in [1.29, 1.82) is 0 Å². The van der Waals surface area contributed by atoms with E-state index in [1.165, 1.54) is 13.8 Å². The summed E-state index contributed by atoms with van der Waals surface area (Å²) < 4.78 is 5.93. The molecular weight excluding hydrogens is 337 g/mol. The summed E-state index contributed by atoms with van der Waals surface area (Å²) >= 11 is 12.1. The molecule has 1 unspecified atom stereocenters. The van der Waals surface area contributed by atoms with Crippen LogP contribution in [-0.4, -0.2) is 35.9 Å². The SMILES string of the molecule is CC(C)(O)C(=O)NC[C@@H]1OCCCCC1c1ccc(Cl)c(Cl)c1. The molecule has 1 aromatic carbocycles. The lowest BCUT2D eigenvalue weighted by molar-refractivity contribution is -0.137. The van der Waals surface area contributed by atoms with Gasteiger partial charge in [0.2, 0.25) is 0 Å². The fourth-order valence-electron chi connectivity index (χ4n) is 2.74. The van der Waals surface area contributed by atoms with E-state index in [1.54, 1.807) is 6.07 Å². The topological polar surface area (TPSA) is 58.6 Å². The Labute approximate surface area is 147 Å². The molecule has 1 saturated heterocycles. The normalized spacial score (nSPS) is 22.5. The number of hydrogen-bond donors (Lipinski definition) is 2. The summed E-state index contributed by atoms with van der Waals surface area (Å²) in [5.74, 6) is -0.271. The van der Waals surface area contributed by atoms with Gasteiger partial charge in [-0.2, -0.15) is 0 Å². The van der Waals surface area contributed by atoms with Crippen LogP contribution in [0.25, 0.3) is 0 Å². The van der Waals surface area contributed by atoms with E-state index in [2.05, 4.69) is 5.32 Å². The Morgan fingerprint density at radius 3 is 2.74 bits per heavy atom. The van der Waals surface area contributed by atoms with Gasteiger partial charge >= 0.3 is 0 Å². The Bertz CT molecular complexity index is 557. The predicted molar refractivity (Wildman–Crippen MR) is 92.1 cm³/mol. The van der Waals surface area contributed by atoms with Crippen molar-refractivity contribution >= 4 is 29.1 Å². The molecule has 0 radical (unpaired) electrons. The van der Waals surface area contributed by atoms with Crippen LogP contribution >= 0.6 is 23.2 Å². The Kier molecular flexibility index (Phi) is 6.32. The third kappa shape index (κ3) is 5.08. The molecule has 2 rings (SSSR count). The quantitative estimate of drug-likeness (QED) is 0.864. The third-order valence-electron chi connectivity index (χ3n) is 4.08. The molecule has 0 aromatic heterocycles.